The standard InChI is InChI=1S/C25H26ClN5O2S/c1-2-33-19-12-10-18(11-13-19)31-23(20-8-4-5-9-21(20)26)29-30-24(31)34-16-22(32)28-25(17-27)14-6-3-7-15-25/h4-5,8-13H,2-3,6-7,14-16H2,1H3,(H,28,32). The van der Waals surface area contributed by atoms with Crippen LogP contribution in [0.25, 0.3) is 17.1 Å². The average molecular weight is 496 g/mol. The molecule has 0 unspecified atom stereocenters. The van der Waals surface area contributed by atoms with Crippen molar-refractivity contribution in [1.82, 2.24) is 20.1 Å². The van der Waals surface area contributed by atoms with Crippen LogP contribution in [0.15, 0.2) is 53.7 Å². The van der Waals surface area contributed by atoms with Crippen molar-refractivity contribution in [1.29, 1.82) is 5.26 Å². The zero-order chi connectivity index (χ0) is 24.0. The number of aromatic nitrogens is 3. The van der Waals surface area contributed by atoms with Gasteiger partial charge in [-0.2, -0.15) is 5.26 Å². The molecule has 1 saturated carbocycles. The average Bonchev–Trinajstić information content (AvgIpc) is 3.28. The van der Waals surface area contributed by atoms with Gasteiger partial charge in [-0.25, -0.2) is 0 Å². The Kier molecular flexibility index (Phi) is 7.76. The predicted octanol–water partition coefficient (Wildman–Crippen LogP) is 5.42. The van der Waals surface area contributed by atoms with Gasteiger partial charge in [0, 0.05) is 11.3 Å². The van der Waals surface area contributed by atoms with E-state index in [1.54, 1.807) is 6.07 Å². The summed E-state index contributed by atoms with van der Waals surface area (Å²) < 4.78 is 7.45. The first-order chi connectivity index (χ1) is 16.5. The van der Waals surface area contributed by atoms with Gasteiger partial charge in [-0.15, -0.1) is 10.2 Å². The Morgan fingerprint density at radius 1 is 1.18 bits per heavy atom. The molecule has 1 aromatic heterocycles. The third-order valence-corrected chi connectivity index (χ3v) is 7.04. The molecule has 0 spiro atoms. The maximum Gasteiger partial charge on any atom is 0.231 e. The molecule has 1 heterocycles. The Balaban J connectivity index is 1.60. The molecule has 0 aliphatic heterocycles. The molecule has 7 nitrogen and oxygen atoms in total. The van der Waals surface area contributed by atoms with E-state index >= 15 is 0 Å². The highest BCUT2D eigenvalue weighted by atomic mass is 35.5. The molecule has 4 rings (SSSR count). The van der Waals surface area contributed by atoms with E-state index < -0.39 is 5.54 Å². The summed E-state index contributed by atoms with van der Waals surface area (Å²) >= 11 is 7.74. The number of ether oxygens (including phenoxy) is 1. The van der Waals surface area contributed by atoms with Crippen LogP contribution in [-0.4, -0.2) is 38.6 Å². The maximum atomic E-state index is 12.8. The van der Waals surface area contributed by atoms with Crippen LogP contribution < -0.4 is 10.1 Å². The van der Waals surface area contributed by atoms with Gasteiger partial charge in [0.1, 0.15) is 11.3 Å². The zero-order valence-electron chi connectivity index (χ0n) is 19.0. The Bertz CT molecular complexity index is 1180. The fourth-order valence-electron chi connectivity index (χ4n) is 4.12. The topological polar surface area (TPSA) is 92.8 Å². The summed E-state index contributed by atoms with van der Waals surface area (Å²) in [5, 5.41) is 22.5. The van der Waals surface area contributed by atoms with Crippen molar-refractivity contribution >= 4 is 29.3 Å². The Morgan fingerprint density at radius 2 is 1.91 bits per heavy atom. The molecule has 0 bridgehead atoms. The number of nitrogens with one attached hydrogen (secondary N) is 1. The first-order valence-corrected chi connectivity index (χ1v) is 12.7. The van der Waals surface area contributed by atoms with Crippen molar-refractivity contribution in [3.63, 3.8) is 0 Å². The molecule has 176 valence electrons. The second-order valence-electron chi connectivity index (χ2n) is 8.14. The van der Waals surface area contributed by atoms with Crippen LogP contribution in [0.2, 0.25) is 5.02 Å². The lowest BCUT2D eigenvalue weighted by Crippen LogP contribution is -2.49. The molecule has 1 fully saturated rings. The number of amides is 1. The predicted molar refractivity (Wildman–Crippen MR) is 133 cm³/mol. The molecule has 0 atom stereocenters. The van der Waals surface area contributed by atoms with Gasteiger partial charge in [0.25, 0.3) is 0 Å². The largest absolute Gasteiger partial charge is 0.494 e. The van der Waals surface area contributed by atoms with Gasteiger partial charge >= 0.3 is 0 Å². The van der Waals surface area contributed by atoms with E-state index in [0.29, 0.717) is 35.5 Å². The molecule has 2 aromatic carbocycles. The number of carbonyl (C=O) groups is 1. The molecule has 1 aliphatic carbocycles. The number of benzene rings is 2. The van der Waals surface area contributed by atoms with Crippen LogP contribution in [0.5, 0.6) is 5.75 Å². The van der Waals surface area contributed by atoms with Crippen molar-refractivity contribution in [2.45, 2.75) is 49.7 Å². The summed E-state index contributed by atoms with van der Waals surface area (Å²) in [5.41, 5.74) is 0.807. The van der Waals surface area contributed by atoms with Gasteiger partial charge in [0.2, 0.25) is 5.91 Å². The second-order valence-corrected chi connectivity index (χ2v) is 9.49. The smallest absolute Gasteiger partial charge is 0.231 e. The van der Waals surface area contributed by atoms with E-state index in [4.69, 9.17) is 16.3 Å². The molecule has 3 aromatic rings. The van der Waals surface area contributed by atoms with Gasteiger partial charge in [0.15, 0.2) is 11.0 Å². The van der Waals surface area contributed by atoms with E-state index in [-0.39, 0.29) is 11.7 Å². The minimum absolute atomic E-state index is 0.126. The molecule has 1 amide bonds. The normalized spacial score (nSPS) is 14.9. The molecule has 1 N–H and O–H groups in total. The summed E-state index contributed by atoms with van der Waals surface area (Å²) in [6.07, 6.45) is 4.39. The van der Waals surface area contributed by atoms with Crippen LogP contribution in [0.1, 0.15) is 39.0 Å². The summed E-state index contributed by atoms with van der Waals surface area (Å²) in [4.78, 5) is 12.8. The molecule has 9 heteroatoms. The lowest BCUT2D eigenvalue weighted by Gasteiger charge is -2.31. The fourth-order valence-corrected chi connectivity index (χ4v) is 5.10. The van der Waals surface area contributed by atoms with E-state index in [2.05, 4.69) is 21.6 Å². The van der Waals surface area contributed by atoms with Crippen LogP contribution >= 0.6 is 23.4 Å². The first kappa shape index (κ1) is 24.1. The van der Waals surface area contributed by atoms with Gasteiger partial charge < -0.3 is 10.1 Å². The Hall–Kier alpha value is -3.02. The number of hydrogen-bond donors (Lipinski definition) is 1. The Morgan fingerprint density at radius 3 is 2.59 bits per heavy atom. The molecule has 34 heavy (non-hydrogen) atoms. The highest BCUT2D eigenvalue weighted by Gasteiger charge is 2.33. The number of hydrogen-bond acceptors (Lipinski definition) is 6. The third-order valence-electron chi connectivity index (χ3n) is 5.79. The van der Waals surface area contributed by atoms with Gasteiger partial charge in [0.05, 0.1) is 23.5 Å². The minimum atomic E-state index is -0.763. The minimum Gasteiger partial charge on any atom is -0.494 e. The third kappa shape index (κ3) is 5.37. The molecular weight excluding hydrogens is 470 g/mol. The molecular formula is C25H26ClN5O2S. The van der Waals surface area contributed by atoms with Crippen molar-refractivity contribution in [2.75, 3.05) is 12.4 Å². The van der Waals surface area contributed by atoms with Crippen molar-refractivity contribution < 1.29 is 9.53 Å². The van der Waals surface area contributed by atoms with Gasteiger partial charge in [-0.05, 0) is 56.2 Å². The summed E-state index contributed by atoms with van der Waals surface area (Å²) in [5.74, 6) is 1.29. The number of thioether (sulfide) groups is 1. The van der Waals surface area contributed by atoms with E-state index in [0.717, 1.165) is 36.3 Å². The lowest BCUT2D eigenvalue weighted by atomic mass is 9.83. The number of nitriles is 1. The zero-order valence-corrected chi connectivity index (χ0v) is 20.5. The molecule has 1 aliphatic rings. The van der Waals surface area contributed by atoms with Crippen LogP contribution in [0, 0.1) is 11.3 Å². The van der Waals surface area contributed by atoms with Crippen LogP contribution in [0.3, 0.4) is 0 Å². The first-order valence-electron chi connectivity index (χ1n) is 11.3. The lowest BCUT2D eigenvalue weighted by molar-refractivity contribution is -0.120. The summed E-state index contributed by atoms with van der Waals surface area (Å²) in [7, 11) is 0. The number of nitrogens with zero attached hydrogens (tertiary/aromatic N) is 4. The summed E-state index contributed by atoms with van der Waals surface area (Å²) in [6.45, 7) is 2.52. The van der Waals surface area contributed by atoms with Gasteiger partial charge in [-0.1, -0.05) is 54.8 Å². The Labute approximate surface area is 208 Å². The molecule has 0 radical (unpaired) electrons. The monoisotopic (exact) mass is 495 g/mol. The second kappa shape index (κ2) is 10.9. The SMILES string of the molecule is CCOc1ccc(-n2c(SCC(=O)NC3(C#N)CCCCC3)nnc2-c2ccccc2Cl)cc1. The fraction of sp³-hybridized carbons (Fsp3) is 0.360. The number of halogens is 1. The van der Waals surface area contributed by atoms with Crippen molar-refractivity contribution in [2.24, 2.45) is 0 Å². The maximum absolute atomic E-state index is 12.8. The van der Waals surface area contributed by atoms with Crippen LogP contribution in [-0.2, 0) is 4.79 Å². The van der Waals surface area contributed by atoms with Crippen molar-refractivity contribution in [3.8, 4) is 28.9 Å². The van der Waals surface area contributed by atoms with Crippen molar-refractivity contribution in [3.05, 3.63) is 53.6 Å². The summed E-state index contributed by atoms with van der Waals surface area (Å²) in [6, 6.07) is 17.4. The highest BCUT2D eigenvalue weighted by molar-refractivity contribution is 7.99. The molecule has 0 saturated heterocycles. The number of rotatable bonds is 8. The van der Waals surface area contributed by atoms with Crippen LogP contribution in [0.4, 0.5) is 0 Å². The van der Waals surface area contributed by atoms with E-state index in [9.17, 15) is 10.1 Å². The highest BCUT2D eigenvalue weighted by Crippen LogP contribution is 2.33. The van der Waals surface area contributed by atoms with Gasteiger partial charge in [-0.3, -0.25) is 9.36 Å². The van der Waals surface area contributed by atoms with E-state index in [1.165, 1.54) is 11.8 Å². The van der Waals surface area contributed by atoms with E-state index in [1.807, 2.05) is 54.0 Å². The number of carbonyl (C=O) groups excluding carboxylic acids is 1. The quantitative estimate of drug-likeness (QED) is 0.419.